The molecule has 0 saturated heterocycles. The zero-order valence-corrected chi connectivity index (χ0v) is 14.7. The van der Waals surface area contributed by atoms with Crippen molar-refractivity contribution < 1.29 is 14.6 Å². The van der Waals surface area contributed by atoms with Crippen LogP contribution >= 0.6 is 11.3 Å². The van der Waals surface area contributed by atoms with E-state index >= 15 is 0 Å². The fraction of sp³-hybridized carbons (Fsp3) is 0.200. The van der Waals surface area contributed by atoms with Gasteiger partial charge in [-0.05, 0) is 29.7 Å². The standard InChI is InChI=1S/C20H19NO3S/c1-2-14-5-9-18(10-6-14)24-12-15-3-7-16(8-4-15)20-21-17(13-25-20)11-19(22)23/h3-10,13H,2,11-12H2,1H3,(H,22,23)/p-1. The maximum atomic E-state index is 10.6. The van der Waals surface area contributed by atoms with Gasteiger partial charge >= 0.3 is 0 Å². The van der Waals surface area contributed by atoms with Gasteiger partial charge in [-0.25, -0.2) is 4.98 Å². The maximum Gasteiger partial charge on any atom is 0.123 e. The molecule has 4 nitrogen and oxygen atoms in total. The molecule has 128 valence electrons. The Bertz CT molecular complexity index is 838. The molecule has 25 heavy (non-hydrogen) atoms. The average Bonchev–Trinajstić information content (AvgIpc) is 3.08. The van der Waals surface area contributed by atoms with E-state index in [-0.39, 0.29) is 6.42 Å². The van der Waals surface area contributed by atoms with Gasteiger partial charge in [0.1, 0.15) is 17.4 Å². The van der Waals surface area contributed by atoms with Crippen molar-refractivity contribution >= 4 is 17.3 Å². The summed E-state index contributed by atoms with van der Waals surface area (Å²) < 4.78 is 5.80. The largest absolute Gasteiger partial charge is 0.550 e. The molecule has 3 aromatic rings. The van der Waals surface area contributed by atoms with E-state index in [4.69, 9.17) is 4.74 Å². The number of hydrogen-bond donors (Lipinski definition) is 0. The zero-order valence-electron chi connectivity index (χ0n) is 13.9. The monoisotopic (exact) mass is 352 g/mol. The van der Waals surface area contributed by atoms with E-state index in [0.29, 0.717) is 12.3 Å². The molecule has 0 fully saturated rings. The quantitative estimate of drug-likeness (QED) is 0.655. The van der Waals surface area contributed by atoms with Crippen LogP contribution < -0.4 is 9.84 Å². The molecule has 1 aromatic heterocycles. The lowest BCUT2D eigenvalue weighted by molar-refractivity contribution is -0.304. The molecule has 0 atom stereocenters. The second-order valence-electron chi connectivity index (χ2n) is 5.68. The fourth-order valence-electron chi connectivity index (χ4n) is 2.40. The summed E-state index contributed by atoms with van der Waals surface area (Å²) in [6.45, 7) is 2.63. The normalized spacial score (nSPS) is 10.6. The van der Waals surface area contributed by atoms with Crippen LogP contribution in [-0.2, 0) is 24.2 Å². The number of rotatable bonds is 7. The third kappa shape index (κ3) is 4.67. The van der Waals surface area contributed by atoms with Crippen LogP contribution in [0.15, 0.2) is 53.9 Å². The van der Waals surface area contributed by atoms with Crippen LogP contribution in [0.2, 0.25) is 0 Å². The first-order valence-electron chi connectivity index (χ1n) is 8.09. The van der Waals surface area contributed by atoms with Crippen molar-refractivity contribution in [3.8, 4) is 16.3 Å². The third-order valence-corrected chi connectivity index (χ3v) is 4.76. The van der Waals surface area contributed by atoms with Crippen molar-refractivity contribution in [2.75, 3.05) is 0 Å². The Kier molecular flexibility index (Phi) is 5.46. The van der Waals surface area contributed by atoms with Crippen molar-refractivity contribution in [3.05, 3.63) is 70.7 Å². The van der Waals surface area contributed by atoms with E-state index < -0.39 is 5.97 Å². The van der Waals surface area contributed by atoms with Gasteiger partial charge in [0.15, 0.2) is 0 Å². The van der Waals surface area contributed by atoms with Gasteiger partial charge in [-0.1, -0.05) is 43.3 Å². The number of benzene rings is 2. The Labute approximate surface area is 150 Å². The van der Waals surface area contributed by atoms with E-state index in [1.165, 1.54) is 16.9 Å². The zero-order chi connectivity index (χ0) is 17.6. The first-order valence-corrected chi connectivity index (χ1v) is 8.97. The molecule has 0 unspecified atom stereocenters. The van der Waals surface area contributed by atoms with Crippen LogP contribution in [0.25, 0.3) is 10.6 Å². The summed E-state index contributed by atoms with van der Waals surface area (Å²) in [6.07, 6.45) is 0.864. The fourth-order valence-corrected chi connectivity index (χ4v) is 3.23. The predicted molar refractivity (Wildman–Crippen MR) is 96.4 cm³/mol. The molecule has 0 N–H and O–H groups in total. The molecule has 0 saturated carbocycles. The summed E-state index contributed by atoms with van der Waals surface area (Å²) in [7, 11) is 0. The number of aryl methyl sites for hydroxylation is 1. The first-order chi connectivity index (χ1) is 12.1. The molecular weight excluding hydrogens is 334 g/mol. The third-order valence-electron chi connectivity index (χ3n) is 3.82. The second kappa shape index (κ2) is 7.94. The molecule has 0 aliphatic heterocycles. The van der Waals surface area contributed by atoms with Gasteiger partial charge in [-0.15, -0.1) is 11.3 Å². The summed E-state index contributed by atoms with van der Waals surface area (Å²) in [6, 6.07) is 16.1. The number of carbonyl (C=O) groups is 1. The van der Waals surface area contributed by atoms with Crippen LogP contribution in [0, 0.1) is 0 Å². The number of carboxylic acid groups (broad SMARTS) is 1. The lowest BCUT2D eigenvalue weighted by Crippen LogP contribution is -2.24. The molecular formula is C20H18NO3S-. The van der Waals surface area contributed by atoms with Crippen molar-refractivity contribution in [2.45, 2.75) is 26.4 Å². The number of aromatic nitrogens is 1. The van der Waals surface area contributed by atoms with Crippen LogP contribution in [0.4, 0.5) is 0 Å². The van der Waals surface area contributed by atoms with Crippen molar-refractivity contribution in [1.29, 1.82) is 0 Å². The van der Waals surface area contributed by atoms with E-state index in [1.54, 1.807) is 5.38 Å². The molecule has 0 bridgehead atoms. The molecule has 2 aromatic carbocycles. The Morgan fingerprint density at radius 2 is 1.76 bits per heavy atom. The summed E-state index contributed by atoms with van der Waals surface area (Å²) in [4.78, 5) is 15.0. The van der Waals surface area contributed by atoms with Gasteiger partial charge in [-0.2, -0.15) is 0 Å². The molecule has 3 rings (SSSR count). The highest BCUT2D eigenvalue weighted by atomic mass is 32.1. The van der Waals surface area contributed by atoms with Crippen LogP contribution in [0.3, 0.4) is 0 Å². The molecule has 0 amide bonds. The molecule has 0 aliphatic rings. The number of aliphatic carboxylic acids is 1. The highest BCUT2D eigenvalue weighted by Gasteiger charge is 2.05. The minimum absolute atomic E-state index is 0.154. The smallest absolute Gasteiger partial charge is 0.123 e. The Morgan fingerprint density at radius 3 is 2.40 bits per heavy atom. The topological polar surface area (TPSA) is 62.2 Å². The highest BCUT2D eigenvalue weighted by Crippen LogP contribution is 2.24. The molecule has 5 heteroatoms. The molecule has 0 spiro atoms. The Morgan fingerprint density at radius 1 is 1.08 bits per heavy atom. The molecule has 0 aliphatic carbocycles. The van der Waals surface area contributed by atoms with Crippen molar-refractivity contribution in [3.63, 3.8) is 0 Å². The highest BCUT2D eigenvalue weighted by molar-refractivity contribution is 7.13. The van der Waals surface area contributed by atoms with E-state index in [9.17, 15) is 9.90 Å². The molecule has 1 heterocycles. The average molecular weight is 352 g/mol. The lowest BCUT2D eigenvalue weighted by atomic mass is 10.1. The van der Waals surface area contributed by atoms with Gasteiger partial charge in [0.2, 0.25) is 0 Å². The summed E-state index contributed by atoms with van der Waals surface area (Å²) >= 11 is 1.43. The van der Waals surface area contributed by atoms with Gasteiger partial charge in [0.25, 0.3) is 0 Å². The van der Waals surface area contributed by atoms with E-state index in [1.807, 2.05) is 36.4 Å². The lowest BCUT2D eigenvalue weighted by Gasteiger charge is -2.07. The summed E-state index contributed by atoms with van der Waals surface area (Å²) in [5.41, 5.74) is 3.85. The number of thiazole rings is 1. The van der Waals surface area contributed by atoms with Crippen LogP contribution in [-0.4, -0.2) is 11.0 Å². The first kappa shape index (κ1) is 17.2. The van der Waals surface area contributed by atoms with Crippen molar-refractivity contribution in [1.82, 2.24) is 4.98 Å². The SMILES string of the molecule is CCc1ccc(OCc2ccc(-c3nc(CC(=O)[O-])cs3)cc2)cc1. The maximum absolute atomic E-state index is 10.6. The number of ether oxygens (including phenoxy) is 1. The van der Waals surface area contributed by atoms with Gasteiger partial charge < -0.3 is 14.6 Å². The predicted octanol–water partition coefficient (Wildman–Crippen LogP) is 3.24. The Hall–Kier alpha value is -2.66. The van der Waals surface area contributed by atoms with Gasteiger partial charge in [0.05, 0.1) is 5.69 Å². The number of carboxylic acids is 1. The minimum atomic E-state index is -1.11. The van der Waals surface area contributed by atoms with Crippen LogP contribution in [0.5, 0.6) is 5.75 Å². The Balaban J connectivity index is 1.61. The van der Waals surface area contributed by atoms with Crippen LogP contribution in [0.1, 0.15) is 23.7 Å². The summed E-state index contributed by atoms with van der Waals surface area (Å²) in [5, 5.41) is 13.2. The number of hydrogen-bond acceptors (Lipinski definition) is 5. The second-order valence-corrected chi connectivity index (χ2v) is 6.53. The number of nitrogens with zero attached hydrogens (tertiary/aromatic N) is 1. The minimum Gasteiger partial charge on any atom is -0.550 e. The van der Waals surface area contributed by atoms with Gasteiger partial charge in [0, 0.05) is 23.3 Å². The van der Waals surface area contributed by atoms with E-state index in [2.05, 4.69) is 24.0 Å². The number of carbonyl (C=O) groups excluding carboxylic acids is 1. The van der Waals surface area contributed by atoms with Gasteiger partial charge in [-0.3, -0.25) is 0 Å². The van der Waals surface area contributed by atoms with E-state index in [0.717, 1.165) is 28.3 Å². The summed E-state index contributed by atoms with van der Waals surface area (Å²) in [5.74, 6) is -0.260. The van der Waals surface area contributed by atoms with Crippen molar-refractivity contribution in [2.24, 2.45) is 0 Å². The molecule has 0 radical (unpaired) electrons.